The number of nitrogens with zero attached hydrogens (tertiary/aromatic N) is 4. The summed E-state index contributed by atoms with van der Waals surface area (Å²) in [4.78, 5) is 44.6. The summed E-state index contributed by atoms with van der Waals surface area (Å²) in [5, 5.41) is 6.99. The van der Waals surface area contributed by atoms with Crippen molar-refractivity contribution in [1.82, 2.24) is 30.6 Å². The zero-order valence-corrected chi connectivity index (χ0v) is 18.6. The Morgan fingerprint density at radius 2 is 1.90 bits per heavy atom. The van der Waals surface area contributed by atoms with Crippen molar-refractivity contribution in [2.75, 3.05) is 12.4 Å². The summed E-state index contributed by atoms with van der Waals surface area (Å²) in [5.74, 6) is -1.23. The molecule has 3 amide bonds. The smallest absolute Gasteiger partial charge is 0.425 e. The van der Waals surface area contributed by atoms with E-state index in [1.807, 2.05) is 5.43 Å². The molecule has 3 aromatic heterocycles. The molecule has 0 aliphatic carbocycles. The number of ether oxygens (including phenoxy) is 1. The largest absolute Gasteiger partial charge is 0.452 e. The van der Waals surface area contributed by atoms with Crippen molar-refractivity contribution in [3.05, 3.63) is 62.7 Å². The van der Waals surface area contributed by atoms with E-state index in [0.29, 0.717) is 4.60 Å². The van der Waals surface area contributed by atoms with E-state index >= 15 is 0 Å². The molecule has 0 aliphatic rings. The summed E-state index contributed by atoms with van der Waals surface area (Å²) in [6, 6.07) is 4.67. The van der Waals surface area contributed by atoms with Gasteiger partial charge in [0.05, 0.1) is 28.4 Å². The maximum absolute atomic E-state index is 13.0. The molecule has 0 atom stereocenters. The van der Waals surface area contributed by atoms with Gasteiger partial charge in [0.1, 0.15) is 10.3 Å². The number of anilines is 1. The Labute approximate surface area is 193 Å². The highest BCUT2D eigenvalue weighted by molar-refractivity contribution is 9.10. The molecule has 3 aromatic rings. The van der Waals surface area contributed by atoms with E-state index in [1.165, 1.54) is 29.3 Å². The molecule has 0 saturated carbocycles. The Kier molecular flexibility index (Phi) is 7.05. The summed E-state index contributed by atoms with van der Waals surface area (Å²) in [6.07, 6.45) is 3.01. The lowest BCUT2D eigenvalue weighted by Gasteiger charge is -2.13. The zero-order chi connectivity index (χ0) is 22.5. The number of rotatable bonds is 4. The molecule has 160 valence electrons. The first-order valence-corrected chi connectivity index (χ1v) is 9.82. The average Bonchev–Trinajstić information content (AvgIpc) is 3.15. The number of nitrogens with one attached hydrogen (secondary N) is 3. The van der Waals surface area contributed by atoms with Gasteiger partial charge in [0.25, 0.3) is 11.8 Å². The molecule has 0 unspecified atom stereocenters. The van der Waals surface area contributed by atoms with Gasteiger partial charge >= 0.3 is 6.09 Å². The lowest BCUT2D eigenvalue weighted by molar-refractivity contribution is 0.0921. The third-order valence-corrected chi connectivity index (χ3v) is 4.67. The van der Waals surface area contributed by atoms with Gasteiger partial charge in [-0.1, -0.05) is 23.2 Å². The average molecular weight is 529 g/mol. The molecule has 14 heteroatoms. The number of halogens is 3. The molecular weight excluding hydrogens is 517 g/mol. The molecule has 0 radical (unpaired) electrons. The van der Waals surface area contributed by atoms with Crippen LogP contribution < -0.4 is 16.2 Å². The van der Waals surface area contributed by atoms with Crippen molar-refractivity contribution >= 4 is 62.7 Å². The molecule has 0 spiro atoms. The lowest BCUT2D eigenvalue weighted by atomic mass is 10.2. The van der Waals surface area contributed by atoms with E-state index in [9.17, 15) is 14.4 Å². The van der Waals surface area contributed by atoms with Crippen LogP contribution in [0.5, 0.6) is 0 Å². The summed E-state index contributed by atoms with van der Waals surface area (Å²) in [5.41, 5.74) is 4.03. The van der Waals surface area contributed by atoms with Gasteiger partial charge in [-0.25, -0.2) is 19.9 Å². The maximum atomic E-state index is 13.0. The van der Waals surface area contributed by atoms with Gasteiger partial charge in [0, 0.05) is 24.7 Å². The number of hydrazine groups is 1. The van der Waals surface area contributed by atoms with Crippen molar-refractivity contribution in [2.45, 2.75) is 0 Å². The summed E-state index contributed by atoms with van der Waals surface area (Å²) >= 11 is 15.5. The van der Waals surface area contributed by atoms with E-state index in [1.54, 1.807) is 12.1 Å². The molecular formula is C17H12BrCl2N7O4. The molecule has 0 aromatic carbocycles. The SMILES string of the molecule is COC(=O)NNC(=O)c1cncc(Cl)c1NC(=O)c1cc(Br)nn1-c1ncccc1Cl. The second kappa shape index (κ2) is 9.73. The monoisotopic (exact) mass is 527 g/mol. The summed E-state index contributed by atoms with van der Waals surface area (Å²) in [7, 11) is 1.13. The number of carbonyl (C=O) groups excluding carboxylic acids is 3. The molecule has 0 bridgehead atoms. The second-order valence-electron chi connectivity index (χ2n) is 5.64. The standard InChI is InChI=1S/C17H12BrCl2N7O4/c1-31-17(30)25-24-15(28)8-6-21-7-10(20)13(8)23-16(29)11-5-12(18)26-27(11)14-9(19)3-2-4-22-14/h2-7H,1H3,(H,24,28)(H,25,30)(H,21,23,29). The Balaban J connectivity index is 1.93. The number of amides is 3. The van der Waals surface area contributed by atoms with Crippen LogP contribution >= 0.6 is 39.1 Å². The van der Waals surface area contributed by atoms with Crippen LogP contribution in [-0.2, 0) is 4.74 Å². The van der Waals surface area contributed by atoms with Crippen LogP contribution in [0.15, 0.2) is 41.4 Å². The van der Waals surface area contributed by atoms with E-state index < -0.39 is 17.9 Å². The molecule has 11 nitrogen and oxygen atoms in total. The third-order valence-electron chi connectivity index (χ3n) is 3.70. The minimum Gasteiger partial charge on any atom is -0.452 e. The minimum absolute atomic E-state index is 0.0138. The fraction of sp³-hybridized carbons (Fsp3) is 0.0588. The predicted molar refractivity (Wildman–Crippen MR) is 114 cm³/mol. The topological polar surface area (TPSA) is 140 Å². The van der Waals surface area contributed by atoms with Crippen molar-refractivity contribution in [3.63, 3.8) is 0 Å². The van der Waals surface area contributed by atoms with Gasteiger partial charge in [0.15, 0.2) is 5.82 Å². The van der Waals surface area contributed by atoms with Gasteiger partial charge < -0.3 is 10.1 Å². The summed E-state index contributed by atoms with van der Waals surface area (Å²) in [6.45, 7) is 0. The zero-order valence-electron chi connectivity index (χ0n) is 15.5. The number of carbonyl (C=O) groups is 3. The van der Waals surface area contributed by atoms with E-state index in [2.05, 4.69) is 46.5 Å². The van der Waals surface area contributed by atoms with Crippen molar-refractivity contribution < 1.29 is 19.1 Å². The van der Waals surface area contributed by atoms with Crippen molar-refractivity contribution in [2.24, 2.45) is 0 Å². The van der Waals surface area contributed by atoms with E-state index in [4.69, 9.17) is 23.2 Å². The van der Waals surface area contributed by atoms with Gasteiger partial charge in [0.2, 0.25) is 0 Å². The molecule has 3 rings (SSSR count). The first-order chi connectivity index (χ1) is 14.8. The van der Waals surface area contributed by atoms with Crippen LogP contribution in [0.2, 0.25) is 10.0 Å². The normalized spacial score (nSPS) is 10.3. The van der Waals surface area contributed by atoms with Crippen molar-refractivity contribution in [1.29, 1.82) is 0 Å². The van der Waals surface area contributed by atoms with Crippen molar-refractivity contribution in [3.8, 4) is 5.82 Å². The molecule has 3 N–H and O–H groups in total. The van der Waals surface area contributed by atoms with Crippen LogP contribution in [0.25, 0.3) is 5.82 Å². The van der Waals surface area contributed by atoms with Gasteiger partial charge in [-0.05, 0) is 28.1 Å². The first-order valence-electron chi connectivity index (χ1n) is 8.27. The van der Waals surface area contributed by atoms with Crippen LogP contribution in [0, 0.1) is 0 Å². The number of pyridine rings is 2. The van der Waals surface area contributed by atoms with Crippen LogP contribution in [-0.4, -0.2) is 44.8 Å². The van der Waals surface area contributed by atoms with Gasteiger partial charge in [-0.3, -0.25) is 20.0 Å². The van der Waals surface area contributed by atoms with Crippen LogP contribution in [0.4, 0.5) is 10.5 Å². The number of aromatic nitrogens is 4. The highest BCUT2D eigenvalue weighted by Gasteiger charge is 2.23. The molecule has 0 saturated heterocycles. The Bertz CT molecular complexity index is 1170. The molecule has 0 fully saturated rings. The summed E-state index contributed by atoms with van der Waals surface area (Å²) < 4.78 is 5.95. The lowest BCUT2D eigenvalue weighted by Crippen LogP contribution is -2.41. The predicted octanol–water partition coefficient (Wildman–Crippen LogP) is 2.98. The van der Waals surface area contributed by atoms with Gasteiger partial charge in [-0.15, -0.1) is 0 Å². The first kappa shape index (κ1) is 22.5. The highest BCUT2D eigenvalue weighted by Crippen LogP contribution is 2.27. The third kappa shape index (κ3) is 5.10. The van der Waals surface area contributed by atoms with E-state index in [-0.39, 0.29) is 32.8 Å². The number of hydrogen-bond donors (Lipinski definition) is 3. The van der Waals surface area contributed by atoms with Crippen LogP contribution in [0.1, 0.15) is 20.8 Å². The quantitative estimate of drug-likeness (QED) is 0.442. The molecule has 31 heavy (non-hydrogen) atoms. The maximum Gasteiger partial charge on any atom is 0.425 e. The molecule has 0 aliphatic heterocycles. The minimum atomic E-state index is -0.894. The molecule has 3 heterocycles. The van der Waals surface area contributed by atoms with Gasteiger partial charge in [-0.2, -0.15) is 5.10 Å². The Hall–Kier alpha value is -3.22. The fourth-order valence-electron chi connectivity index (χ4n) is 2.35. The highest BCUT2D eigenvalue weighted by atomic mass is 79.9. The Morgan fingerprint density at radius 3 is 2.61 bits per heavy atom. The number of hydrogen-bond acceptors (Lipinski definition) is 7. The number of methoxy groups -OCH3 is 1. The fourth-order valence-corrected chi connectivity index (χ4v) is 3.13. The Morgan fingerprint density at radius 1 is 1.13 bits per heavy atom. The van der Waals surface area contributed by atoms with Crippen LogP contribution in [0.3, 0.4) is 0 Å². The second-order valence-corrected chi connectivity index (χ2v) is 7.27. The van der Waals surface area contributed by atoms with E-state index in [0.717, 1.165) is 7.11 Å².